The minimum atomic E-state index is -0.437. The summed E-state index contributed by atoms with van der Waals surface area (Å²) in [7, 11) is 0. The Balaban J connectivity index is 2.32. The Kier molecular flexibility index (Phi) is 3.23. The normalized spacial score (nSPS) is 35.2. The van der Waals surface area contributed by atoms with Crippen molar-refractivity contribution in [3.63, 3.8) is 0 Å². The Morgan fingerprint density at radius 3 is 2.67 bits per heavy atom. The van der Waals surface area contributed by atoms with E-state index in [-0.39, 0.29) is 5.57 Å². The highest BCUT2D eigenvalue weighted by Crippen LogP contribution is 2.61. The molecule has 2 saturated carbocycles. The van der Waals surface area contributed by atoms with E-state index in [1.54, 1.807) is 6.92 Å². The molecule has 2 rings (SSSR count). The fourth-order valence-electron chi connectivity index (χ4n) is 3.65. The monoisotopic (exact) mass is 247 g/mol. The van der Waals surface area contributed by atoms with Gasteiger partial charge in [-0.05, 0) is 48.5 Å². The van der Waals surface area contributed by atoms with Crippen molar-refractivity contribution in [3.05, 3.63) is 11.1 Å². The lowest BCUT2D eigenvalue weighted by atomic mass is 9.67. The number of carbonyl (C=O) groups is 1. The molecule has 0 aromatic carbocycles. The Morgan fingerprint density at radius 2 is 2.22 bits per heavy atom. The van der Waals surface area contributed by atoms with Crippen LogP contribution in [0, 0.1) is 34.5 Å². The first-order valence-electron chi connectivity index (χ1n) is 6.73. The van der Waals surface area contributed by atoms with Crippen LogP contribution in [0.1, 0.15) is 40.5 Å². The summed E-state index contributed by atoms with van der Waals surface area (Å²) < 4.78 is 4.98. The first kappa shape index (κ1) is 13.1. The molecule has 3 heteroatoms. The average Bonchev–Trinajstić information content (AvgIpc) is 2.81. The van der Waals surface area contributed by atoms with Gasteiger partial charge < -0.3 is 4.74 Å². The zero-order valence-electron chi connectivity index (χ0n) is 11.6. The summed E-state index contributed by atoms with van der Waals surface area (Å²) in [5, 5.41) is 9.22. The SMILES string of the molecule is CCOC(=O)/C(C#N)=C1\C[C@H]2C[C@H]1[C@H](C)C2(C)C. The van der Waals surface area contributed by atoms with Gasteiger partial charge in [-0.15, -0.1) is 0 Å². The van der Waals surface area contributed by atoms with E-state index in [9.17, 15) is 10.1 Å². The molecule has 0 saturated heterocycles. The molecule has 98 valence electrons. The number of nitriles is 1. The Hall–Kier alpha value is -1.30. The van der Waals surface area contributed by atoms with Crippen LogP contribution < -0.4 is 0 Å². The molecule has 2 aliphatic rings. The first-order valence-corrected chi connectivity index (χ1v) is 6.73. The van der Waals surface area contributed by atoms with E-state index in [1.165, 1.54) is 0 Å². The van der Waals surface area contributed by atoms with Gasteiger partial charge in [-0.25, -0.2) is 4.79 Å². The highest BCUT2D eigenvalue weighted by atomic mass is 16.5. The van der Waals surface area contributed by atoms with Gasteiger partial charge in [-0.1, -0.05) is 20.8 Å². The van der Waals surface area contributed by atoms with Gasteiger partial charge in [-0.3, -0.25) is 0 Å². The average molecular weight is 247 g/mol. The zero-order chi connectivity index (χ0) is 13.5. The molecule has 0 radical (unpaired) electrons. The number of esters is 1. The van der Waals surface area contributed by atoms with E-state index in [4.69, 9.17) is 4.74 Å². The van der Waals surface area contributed by atoms with Crippen LogP contribution in [0.15, 0.2) is 11.1 Å². The number of rotatable bonds is 2. The maximum atomic E-state index is 11.8. The summed E-state index contributed by atoms with van der Waals surface area (Å²) in [6.45, 7) is 8.94. The molecule has 2 bridgehead atoms. The van der Waals surface area contributed by atoms with Crippen molar-refractivity contribution in [3.8, 4) is 6.07 Å². The van der Waals surface area contributed by atoms with Crippen molar-refractivity contribution < 1.29 is 9.53 Å². The molecule has 2 aliphatic carbocycles. The summed E-state index contributed by atoms with van der Waals surface area (Å²) in [6.07, 6.45) is 2.01. The number of carbonyl (C=O) groups excluding carboxylic acids is 1. The number of fused-ring (bicyclic) bond motifs is 2. The van der Waals surface area contributed by atoms with Crippen molar-refractivity contribution in [1.29, 1.82) is 5.26 Å². The van der Waals surface area contributed by atoms with Crippen LogP contribution in [-0.4, -0.2) is 12.6 Å². The molecule has 0 heterocycles. The Bertz CT molecular complexity index is 438. The van der Waals surface area contributed by atoms with Gasteiger partial charge in [0.05, 0.1) is 6.61 Å². The zero-order valence-corrected chi connectivity index (χ0v) is 11.6. The number of hydrogen-bond donors (Lipinski definition) is 0. The van der Waals surface area contributed by atoms with Crippen LogP contribution in [0.5, 0.6) is 0 Å². The summed E-state index contributed by atoms with van der Waals surface area (Å²) in [5.74, 6) is 1.09. The van der Waals surface area contributed by atoms with Gasteiger partial charge in [0.1, 0.15) is 11.6 Å². The molecule has 0 aliphatic heterocycles. The standard InChI is InChI=1S/C15H21NO2/c1-5-18-14(17)13(8-16)12-7-10-6-11(12)9(2)15(10,3)4/h9-11H,5-7H2,1-4H3/b13-12+/t9-,10+,11-/m0/s1. The van der Waals surface area contributed by atoms with Gasteiger partial charge >= 0.3 is 5.97 Å². The lowest BCUT2D eigenvalue weighted by Crippen LogP contribution is -2.30. The minimum Gasteiger partial charge on any atom is -0.462 e. The minimum absolute atomic E-state index is 0.270. The number of hydrogen-bond acceptors (Lipinski definition) is 3. The maximum absolute atomic E-state index is 11.8. The summed E-state index contributed by atoms with van der Waals surface area (Å²) >= 11 is 0. The van der Waals surface area contributed by atoms with Crippen LogP contribution in [0.3, 0.4) is 0 Å². The van der Waals surface area contributed by atoms with Crippen LogP contribution in [0.25, 0.3) is 0 Å². The number of allylic oxidation sites excluding steroid dienone is 1. The fraction of sp³-hybridized carbons (Fsp3) is 0.733. The molecule has 18 heavy (non-hydrogen) atoms. The van der Waals surface area contributed by atoms with Crippen LogP contribution >= 0.6 is 0 Å². The predicted octanol–water partition coefficient (Wildman–Crippen LogP) is 3.07. The molecule has 0 unspecified atom stereocenters. The summed E-state index contributed by atoms with van der Waals surface area (Å²) in [5.41, 5.74) is 1.64. The van der Waals surface area contributed by atoms with E-state index < -0.39 is 5.97 Å². The summed E-state index contributed by atoms with van der Waals surface area (Å²) in [4.78, 5) is 11.8. The van der Waals surface area contributed by atoms with E-state index in [1.807, 2.05) is 0 Å². The fourth-order valence-corrected chi connectivity index (χ4v) is 3.65. The lowest BCUT2D eigenvalue weighted by molar-refractivity contribution is -0.138. The first-order chi connectivity index (χ1) is 8.43. The third-order valence-electron chi connectivity index (χ3n) is 5.19. The highest BCUT2D eigenvalue weighted by molar-refractivity contribution is 5.94. The molecule has 0 N–H and O–H groups in total. The molecular weight excluding hydrogens is 226 g/mol. The van der Waals surface area contributed by atoms with Crippen molar-refractivity contribution in [2.75, 3.05) is 6.61 Å². The smallest absolute Gasteiger partial charge is 0.348 e. The topological polar surface area (TPSA) is 50.1 Å². The predicted molar refractivity (Wildman–Crippen MR) is 68.4 cm³/mol. The molecule has 3 nitrogen and oxygen atoms in total. The highest BCUT2D eigenvalue weighted by Gasteiger charge is 2.53. The van der Waals surface area contributed by atoms with Crippen LogP contribution in [0.4, 0.5) is 0 Å². The Morgan fingerprint density at radius 1 is 1.56 bits per heavy atom. The second-order valence-corrected chi connectivity index (χ2v) is 6.09. The van der Waals surface area contributed by atoms with Gasteiger partial charge in [0.2, 0.25) is 0 Å². The number of nitrogens with zero attached hydrogens (tertiary/aromatic N) is 1. The third-order valence-corrected chi connectivity index (χ3v) is 5.19. The third kappa shape index (κ3) is 1.75. The second kappa shape index (κ2) is 4.42. The molecule has 0 aromatic rings. The van der Waals surface area contributed by atoms with E-state index in [2.05, 4.69) is 26.8 Å². The van der Waals surface area contributed by atoms with E-state index in [0.29, 0.717) is 29.8 Å². The summed E-state index contributed by atoms with van der Waals surface area (Å²) in [6, 6.07) is 2.07. The molecule has 0 spiro atoms. The quantitative estimate of drug-likeness (QED) is 0.428. The molecule has 2 fully saturated rings. The van der Waals surface area contributed by atoms with Gasteiger partial charge in [0, 0.05) is 0 Å². The molecular formula is C15H21NO2. The maximum Gasteiger partial charge on any atom is 0.348 e. The van der Waals surface area contributed by atoms with Crippen molar-refractivity contribution in [1.82, 2.24) is 0 Å². The Labute approximate surface area is 109 Å². The number of ether oxygens (including phenoxy) is 1. The second-order valence-electron chi connectivity index (χ2n) is 6.09. The van der Waals surface area contributed by atoms with Crippen molar-refractivity contribution >= 4 is 5.97 Å². The van der Waals surface area contributed by atoms with Crippen LogP contribution in [0.2, 0.25) is 0 Å². The molecule has 0 amide bonds. The van der Waals surface area contributed by atoms with Crippen molar-refractivity contribution in [2.45, 2.75) is 40.5 Å². The molecule has 0 aromatic heterocycles. The van der Waals surface area contributed by atoms with E-state index >= 15 is 0 Å². The van der Waals surface area contributed by atoms with Gasteiger partial charge in [-0.2, -0.15) is 5.26 Å². The van der Waals surface area contributed by atoms with E-state index in [0.717, 1.165) is 18.4 Å². The largest absolute Gasteiger partial charge is 0.462 e. The van der Waals surface area contributed by atoms with Gasteiger partial charge in [0.25, 0.3) is 0 Å². The van der Waals surface area contributed by atoms with Crippen molar-refractivity contribution in [2.24, 2.45) is 23.2 Å². The lowest BCUT2D eigenvalue weighted by Gasteiger charge is -2.37. The van der Waals surface area contributed by atoms with Crippen LogP contribution in [-0.2, 0) is 9.53 Å². The van der Waals surface area contributed by atoms with Gasteiger partial charge in [0.15, 0.2) is 0 Å². The molecule has 3 atom stereocenters.